The second-order valence-corrected chi connectivity index (χ2v) is 5.23. The summed E-state index contributed by atoms with van der Waals surface area (Å²) in [5.41, 5.74) is 0.674. The molecule has 2 N–H and O–H groups in total. The van der Waals surface area contributed by atoms with Crippen LogP contribution in [0, 0.1) is 12.7 Å². The quantitative estimate of drug-likeness (QED) is 0.830. The lowest BCUT2D eigenvalue weighted by atomic mass is 10.1. The molecule has 1 aromatic carbocycles. The molecule has 0 aliphatic carbocycles. The van der Waals surface area contributed by atoms with Crippen LogP contribution in [0.1, 0.15) is 26.3 Å². The number of benzene rings is 1. The molecule has 0 atom stereocenters. The number of methoxy groups -OCH3 is 1. The van der Waals surface area contributed by atoms with E-state index in [2.05, 4.69) is 15.6 Å². The normalized spacial score (nSPS) is 10.2. The summed E-state index contributed by atoms with van der Waals surface area (Å²) in [6.45, 7) is 1.50. The van der Waals surface area contributed by atoms with Gasteiger partial charge in [0.15, 0.2) is 0 Å². The van der Waals surface area contributed by atoms with Crippen LogP contribution in [0.4, 0.5) is 10.1 Å². The summed E-state index contributed by atoms with van der Waals surface area (Å²) in [6, 6.07) is 3.83. The fraction of sp³-hybridized carbons (Fsp3) is 0.188. The number of rotatable bonds is 4. The van der Waals surface area contributed by atoms with Crippen molar-refractivity contribution in [1.29, 1.82) is 0 Å². The largest absolute Gasteiger partial charge is 0.496 e. The molecule has 2 amide bonds. The lowest BCUT2D eigenvalue weighted by Gasteiger charge is -2.14. The maximum Gasteiger partial charge on any atom is 0.259 e. The van der Waals surface area contributed by atoms with E-state index in [0.717, 1.165) is 0 Å². The molecule has 0 bridgehead atoms. The van der Waals surface area contributed by atoms with Crippen LogP contribution in [0.25, 0.3) is 0 Å². The Labute approximate surface area is 143 Å². The van der Waals surface area contributed by atoms with E-state index < -0.39 is 17.6 Å². The van der Waals surface area contributed by atoms with E-state index in [1.807, 2.05) is 0 Å². The Morgan fingerprint density at radius 1 is 1.25 bits per heavy atom. The van der Waals surface area contributed by atoms with E-state index in [4.69, 9.17) is 16.3 Å². The summed E-state index contributed by atoms with van der Waals surface area (Å²) in [7, 11) is 2.80. The molecule has 1 aromatic heterocycles. The zero-order valence-electron chi connectivity index (χ0n) is 13.2. The lowest BCUT2D eigenvalue weighted by molar-refractivity contribution is 0.0963. The number of halogens is 2. The fourth-order valence-electron chi connectivity index (χ4n) is 2.15. The van der Waals surface area contributed by atoms with Crippen molar-refractivity contribution in [3.63, 3.8) is 0 Å². The van der Waals surface area contributed by atoms with Crippen LogP contribution in [-0.2, 0) is 0 Å². The molecule has 0 spiro atoms. The van der Waals surface area contributed by atoms with Gasteiger partial charge in [0.25, 0.3) is 11.8 Å². The van der Waals surface area contributed by atoms with E-state index in [1.54, 1.807) is 0 Å². The Kier molecular flexibility index (Phi) is 5.35. The second-order valence-electron chi connectivity index (χ2n) is 4.84. The number of hydrogen-bond acceptors (Lipinski definition) is 4. The number of anilines is 1. The van der Waals surface area contributed by atoms with Crippen LogP contribution in [0.2, 0.25) is 5.15 Å². The third-order valence-corrected chi connectivity index (χ3v) is 3.59. The van der Waals surface area contributed by atoms with Crippen molar-refractivity contribution in [2.75, 3.05) is 19.5 Å². The minimum atomic E-state index is -0.567. The molecule has 0 aliphatic heterocycles. The molecule has 24 heavy (non-hydrogen) atoms. The van der Waals surface area contributed by atoms with Crippen LogP contribution < -0.4 is 15.4 Å². The summed E-state index contributed by atoms with van der Waals surface area (Å²) in [5, 5.41) is 5.13. The highest BCUT2D eigenvalue weighted by Crippen LogP contribution is 2.27. The van der Waals surface area contributed by atoms with Gasteiger partial charge in [-0.3, -0.25) is 9.59 Å². The smallest absolute Gasteiger partial charge is 0.259 e. The van der Waals surface area contributed by atoms with Gasteiger partial charge >= 0.3 is 0 Å². The van der Waals surface area contributed by atoms with Gasteiger partial charge in [0.1, 0.15) is 16.7 Å². The molecule has 0 aliphatic rings. The van der Waals surface area contributed by atoms with E-state index >= 15 is 0 Å². The fourth-order valence-corrected chi connectivity index (χ4v) is 2.31. The summed E-state index contributed by atoms with van der Waals surface area (Å²) < 4.78 is 18.7. The number of carbonyl (C=O) groups excluding carboxylic acids is 2. The van der Waals surface area contributed by atoms with Crippen molar-refractivity contribution in [3.05, 3.63) is 52.1 Å². The molecule has 6 nitrogen and oxygen atoms in total. The Morgan fingerprint density at radius 2 is 1.96 bits per heavy atom. The van der Waals surface area contributed by atoms with Crippen LogP contribution in [-0.4, -0.2) is 31.0 Å². The van der Waals surface area contributed by atoms with Crippen molar-refractivity contribution in [1.82, 2.24) is 10.3 Å². The van der Waals surface area contributed by atoms with Gasteiger partial charge in [-0.15, -0.1) is 0 Å². The monoisotopic (exact) mass is 351 g/mol. The predicted molar refractivity (Wildman–Crippen MR) is 88.3 cm³/mol. The molecule has 0 radical (unpaired) electrons. The van der Waals surface area contributed by atoms with Crippen molar-refractivity contribution < 1.29 is 18.7 Å². The molecule has 2 aromatic rings. The van der Waals surface area contributed by atoms with Gasteiger partial charge in [-0.1, -0.05) is 11.6 Å². The number of pyridine rings is 1. The Bertz CT molecular complexity index is 811. The molecular weight excluding hydrogens is 337 g/mol. The summed E-state index contributed by atoms with van der Waals surface area (Å²) >= 11 is 5.83. The third-order valence-electron chi connectivity index (χ3n) is 3.38. The maximum atomic E-state index is 13.6. The molecule has 0 saturated carbocycles. The number of carbonyl (C=O) groups is 2. The SMILES string of the molecule is CNC(=O)c1cnc(Cl)cc1NC(=O)c1ccc(F)c(C)c1OC. The maximum absolute atomic E-state index is 13.6. The molecule has 8 heteroatoms. The van der Waals surface area contributed by atoms with Crippen molar-refractivity contribution in [2.45, 2.75) is 6.92 Å². The van der Waals surface area contributed by atoms with Crippen LogP contribution in [0.3, 0.4) is 0 Å². The first-order valence-electron chi connectivity index (χ1n) is 6.91. The number of amides is 2. The van der Waals surface area contributed by atoms with Gasteiger partial charge < -0.3 is 15.4 Å². The first-order valence-corrected chi connectivity index (χ1v) is 7.29. The molecule has 0 saturated heterocycles. The average molecular weight is 352 g/mol. The Morgan fingerprint density at radius 3 is 2.58 bits per heavy atom. The Balaban J connectivity index is 2.43. The predicted octanol–water partition coefficient (Wildman–Crippen LogP) is 2.80. The molecule has 2 rings (SSSR count). The molecule has 126 valence electrons. The van der Waals surface area contributed by atoms with E-state index in [-0.39, 0.29) is 33.3 Å². The molecule has 0 fully saturated rings. The van der Waals surface area contributed by atoms with E-state index in [0.29, 0.717) is 0 Å². The van der Waals surface area contributed by atoms with Crippen molar-refractivity contribution >= 4 is 29.1 Å². The standard InChI is InChI=1S/C16H15ClFN3O3/c1-8-11(18)5-4-9(14(8)24-3)16(23)21-12-6-13(17)20-7-10(12)15(22)19-2/h4-7H,1-3H3,(H,19,22)(H,20,21,23). The van der Waals surface area contributed by atoms with E-state index in [1.165, 1.54) is 45.5 Å². The third kappa shape index (κ3) is 3.46. The van der Waals surface area contributed by atoms with Crippen molar-refractivity contribution in [3.8, 4) is 5.75 Å². The van der Waals surface area contributed by atoms with Gasteiger partial charge in [0.2, 0.25) is 0 Å². The average Bonchev–Trinajstić information content (AvgIpc) is 2.56. The van der Waals surface area contributed by atoms with Crippen LogP contribution in [0.5, 0.6) is 5.75 Å². The van der Waals surface area contributed by atoms with Gasteiger partial charge in [-0.05, 0) is 25.1 Å². The number of aromatic nitrogens is 1. The minimum absolute atomic E-state index is 0.111. The first kappa shape index (κ1) is 17.7. The van der Waals surface area contributed by atoms with Gasteiger partial charge in [-0.25, -0.2) is 9.37 Å². The van der Waals surface area contributed by atoms with Gasteiger partial charge in [-0.2, -0.15) is 0 Å². The first-order chi connectivity index (χ1) is 11.4. The van der Waals surface area contributed by atoms with E-state index in [9.17, 15) is 14.0 Å². The highest BCUT2D eigenvalue weighted by atomic mass is 35.5. The zero-order valence-corrected chi connectivity index (χ0v) is 14.0. The Hall–Kier alpha value is -2.67. The zero-order chi connectivity index (χ0) is 17.9. The summed E-state index contributed by atoms with van der Waals surface area (Å²) in [6.07, 6.45) is 1.25. The molecule has 0 unspecified atom stereocenters. The van der Waals surface area contributed by atoms with Crippen molar-refractivity contribution in [2.24, 2.45) is 0 Å². The highest BCUT2D eigenvalue weighted by Gasteiger charge is 2.19. The van der Waals surface area contributed by atoms with Crippen LogP contribution in [0.15, 0.2) is 24.4 Å². The van der Waals surface area contributed by atoms with Crippen LogP contribution >= 0.6 is 11.6 Å². The second kappa shape index (κ2) is 7.27. The number of ether oxygens (including phenoxy) is 1. The summed E-state index contributed by atoms with van der Waals surface area (Å²) in [4.78, 5) is 28.2. The molecule has 1 heterocycles. The number of hydrogen-bond donors (Lipinski definition) is 2. The lowest BCUT2D eigenvalue weighted by Crippen LogP contribution is -2.22. The highest BCUT2D eigenvalue weighted by molar-refractivity contribution is 6.30. The molecular formula is C16H15ClFN3O3. The number of nitrogens with one attached hydrogen (secondary N) is 2. The summed E-state index contributed by atoms with van der Waals surface area (Å²) in [5.74, 6) is -1.37. The van der Waals surface area contributed by atoms with Gasteiger partial charge in [0, 0.05) is 18.8 Å². The van der Waals surface area contributed by atoms with Gasteiger partial charge in [0.05, 0.1) is 23.9 Å². The minimum Gasteiger partial charge on any atom is -0.496 e. The topological polar surface area (TPSA) is 80.3 Å². The number of nitrogens with zero attached hydrogens (tertiary/aromatic N) is 1.